The molecule has 0 bridgehead atoms. The van der Waals surface area contributed by atoms with Crippen molar-refractivity contribution in [1.29, 1.82) is 0 Å². The highest BCUT2D eigenvalue weighted by Gasteiger charge is 2.44. The van der Waals surface area contributed by atoms with Crippen molar-refractivity contribution < 1.29 is 49.0 Å². The van der Waals surface area contributed by atoms with Gasteiger partial charge >= 0.3 is 11.9 Å². The Hall–Kier alpha value is -2.86. The van der Waals surface area contributed by atoms with Crippen LogP contribution in [-0.4, -0.2) is 89.0 Å². The highest BCUT2D eigenvalue weighted by molar-refractivity contribution is 5.70. The molecule has 1 fully saturated rings. The van der Waals surface area contributed by atoms with Gasteiger partial charge in [-0.2, -0.15) is 0 Å². The summed E-state index contributed by atoms with van der Waals surface area (Å²) in [5.41, 5.74) is 0. The molecule has 1 heterocycles. The summed E-state index contributed by atoms with van der Waals surface area (Å²) in [6, 6.07) is 0. The maximum atomic E-state index is 12.8. The Labute approximate surface area is 370 Å². The molecule has 0 aromatic carbocycles. The first kappa shape index (κ1) is 56.2. The molecule has 61 heavy (non-hydrogen) atoms. The van der Waals surface area contributed by atoms with Crippen LogP contribution in [-0.2, 0) is 28.5 Å². The van der Waals surface area contributed by atoms with Crippen molar-refractivity contribution in [3.63, 3.8) is 0 Å². The van der Waals surface area contributed by atoms with Gasteiger partial charge in [-0.3, -0.25) is 9.59 Å². The lowest BCUT2D eigenvalue weighted by Gasteiger charge is -2.39. The smallest absolute Gasteiger partial charge is 0.306 e. The first-order valence-electron chi connectivity index (χ1n) is 24.0. The summed E-state index contributed by atoms with van der Waals surface area (Å²) in [6.45, 7) is 3.32. The molecular weight excluding hydrogens is 773 g/mol. The predicted octanol–water partition coefficient (Wildman–Crippen LogP) is 10.8. The standard InChI is InChI=1S/C51H86O10/c1-3-5-7-9-11-13-15-17-19-20-21-22-23-24-26-27-29-31-33-35-37-39-46(53)58-42-44(43-59-51-50(57)49(56)48(55)45(41-52)61-51)60-47(54)40-38-36-34-32-30-28-25-18-16-14-12-10-8-6-4-2/h18-20,22-23,25-27,30-33,44-45,48-52,55-57H,3-17,21,24,28-29,34-43H2,1-2H3/b20-19+,23-22+,25-18+,27-26+,32-30+,33-31+/t44-,45-,48+,49?,50?,51-/m0/s1. The van der Waals surface area contributed by atoms with Crippen molar-refractivity contribution >= 4 is 11.9 Å². The van der Waals surface area contributed by atoms with E-state index >= 15 is 0 Å². The minimum atomic E-state index is -1.61. The minimum Gasteiger partial charge on any atom is -0.462 e. The molecule has 1 aliphatic rings. The summed E-state index contributed by atoms with van der Waals surface area (Å²) < 4.78 is 22.1. The average Bonchev–Trinajstić information content (AvgIpc) is 3.26. The van der Waals surface area contributed by atoms with Gasteiger partial charge in [-0.05, 0) is 83.5 Å². The molecule has 0 amide bonds. The van der Waals surface area contributed by atoms with Crippen molar-refractivity contribution in [1.82, 2.24) is 0 Å². The molecular formula is C51H86O10. The van der Waals surface area contributed by atoms with E-state index in [9.17, 15) is 30.0 Å². The zero-order chi connectivity index (χ0) is 44.4. The van der Waals surface area contributed by atoms with Gasteiger partial charge in [-0.1, -0.05) is 157 Å². The number of allylic oxidation sites excluding steroid dienone is 12. The van der Waals surface area contributed by atoms with E-state index in [-0.39, 0.29) is 26.1 Å². The maximum Gasteiger partial charge on any atom is 0.306 e. The van der Waals surface area contributed by atoms with E-state index in [1.165, 1.54) is 89.9 Å². The molecule has 350 valence electrons. The van der Waals surface area contributed by atoms with Gasteiger partial charge in [0.25, 0.3) is 0 Å². The lowest BCUT2D eigenvalue weighted by atomic mass is 9.99. The second kappa shape index (κ2) is 41.2. The van der Waals surface area contributed by atoms with Crippen LogP contribution in [0.1, 0.15) is 181 Å². The number of unbranched alkanes of at least 4 members (excludes halogenated alkanes) is 16. The summed E-state index contributed by atoms with van der Waals surface area (Å²) in [6.07, 6.45) is 44.9. The zero-order valence-electron chi connectivity index (χ0n) is 38.1. The summed E-state index contributed by atoms with van der Waals surface area (Å²) in [7, 11) is 0. The van der Waals surface area contributed by atoms with E-state index in [4.69, 9.17) is 18.9 Å². The molecule has 10 nitrogen and oxygen atoms in total. The van der Waals surface area contributed by atoms with Gasteiger partial charge in [0.05, 0.1) is 13.2 Å². The molecule has 0 aromatic rings. The van der Waals surface area contributed by atoms with Crippen LogP contribution in [0.25, 0.3) is 0 Å². The highest BCUT2D eigenvalue weighted by atomic mass is 16.7. The van der Waals surface area contributed by atoms with Gasteiger partial charge < -0.3 is 39.4 Å². The Bertz CT molecular complexity index is 1220. The topological polar surface area (TPSA) is 152 Å². The Morgan fingerprint density at radius 3 is 1.43 bits per heavy atom. The van der Waals surface area contributed by atoms with Crippen LogP contribution in [0.3, 0.4) is 0 Å². The van der Waals surface area contributed by atoms with Crippen LogP contribution in [0.15, 0.2) is 72.9 Å². The van der Waals surface area contributed by atoms with Gasteiger partial charge in [0.1, 0.15) is 31.0 Å². The molecule has 0 spiro atoms. The predicted molar refractivity (Wildman–Crippen MR) is 247 cm³/mol. The normalized spacial score (nSPS) is 20.4. The fourth-order valence-electron chi connectivity index (χ4n) is 6.74. The molecule has 0 aliphatic carbocycles. The number of aliphatic hydroxyl groups is 4. The third-order valence-electron chi connectivity index (χ3n) is 10.6. The Balaban J connectivity index is 2.37. The highest BCUT2D eigenvalue weighted by Crippen LogP contribution is 2.22. The number of hydrogen-bond acceptors (Lipinski definition) is 10. The lowest BCUT2D eigenvalue weighted by Crippen LogP contribution is -2.59. The molecule has 1 saturated heterocycles. The van der Waals surface area contributed by atoms with Crippen LogP contribution < -0.4 is 0 Å². The second-order valence-corrected chi connectivity index (χ2v) is 16.2. The fraction of sp³-hybridized carbons (Fsp3) is 0.725. The molecule has 0 aromatic heterocycles. The fourth-order valence-corrected chi connectivity index (χ4v) is 6.74. The molecule has 10 heteroatoms. The van der Waals surface area contributed by atoms with Gasteiger partial charge in [0, 0.05) is 12.8 Å². The van der Waals surface area contributed by atoms with Crippen molar-refractivity contribution in [2.75, 3.05) is 19.8 Å². The van der Waals surface area contributed by atoms with Gasteiger partial charge in [-0.15, -0.1) is 0 Å². The van der Waals surface area contributed by atoms with E-state index in [2.05, 4.69) is 80.7 Å². The first-order valence-corrected chi connectivity index (χ1v) is 24.0. The van der Waals surface area contributed by atoms with E-state index in [1.807, 2.05) is 6.08 Å². The SMILES string of the molecule is CCCCCCCC/C=C/C/C=C/CCCCC(=O)O[C@@H](COC(=O)CCC/C=C/C/C=C/C/C=C/C/C=C/CCCCCCCCC)CO[C@H]1O[C@@H](CO)[C@@H](O)C(O)C1O. The van der Waals surface area contributed by atoms with E-state index in [0.717, 1.165) is 51.4 Å². The van der Waals surface area contributed by atoms with Crippen LogP contribution in [0, 0.1) is 0 Å². The second-order valence-electron chi connectivity index (χ2n) is 16.2. The summed E-state index contributed by atoms with van der Waals surface area (Å²) >= 11 is 0. The third kappa shape index (κ3) is 32.5. The molecule has 6 atom stereocenters. The molecule has 1 rings (SSSR count). The molecule has 0 saturated carbocycles. The number of hydrogen-bond donors (Lipinski definition) is 4. The Morgan fingerprint density at radius 2 is 0.934 bits per heavy atom. The molecule has 1 aliphatic heterocycles. The summed E-state index contributed by atoms with van der Waals surface area (Å²) in [5.74, 6) is -0.914. The largest absolute Gasteiger partial charge is 0.462 e. The lowest BCUT2D eigenvalue weighted by molar-refractivity contribution is -0.305. The number of ether oxygens (including phenoxy) is 4. The van der Waals surface area contributed by atoms with Crippen molar-refractivity contribution in [3.05, 3.63) is 72.9 Å². The van der Waals surface area contributed by atoms with Crippen molar-refractivity contribution in [3.8, 4) is 0 Å². The quantitative estimate of drug-likeness (QED) is 0.0267. The van der Waals surface area contributed by atoms with E-state index in [0.29, 0.717) is 12.8 Å². The van der Waals surface area contributed by atoms with Gasteiger partial charge in [-0.25, -0.2) is 0 Å². The Kier molecular flexibility index (Phi) is 37.9. The van der Waals surface area contributed by atoms with Crippen LogP contribution in [0.5, 0.6) is 0 Å². The third-order valence-corrected chi connectivity index (χ3v) is 10.6. The number of esters is 2. The Morgan fingerprint density at radius 1 is 0.508 bits per heavy atom. The van der Waals surface area contributed by atoms with Crippen LogP contribution in [0.2, 0.25) is 0 Å². The summed E-state index contributed by atoms with van der Waals surface area (Å²) in [4.78, 5) is 25.3. The van der Waals surface area contributed by atoms with Gasteiger partial charge in [0.2, 0.25) is 0 Å². The molecule has 2 unspecified atom stereocenters. The maximum absolute atomic E-state index is 12.8. The van der Waals surface area contributed by atoms with Crippen LogP contribution >= 0.6 is 0 Å². The average molecular weight is 859 g/mol. The number of carbonyl (C=O) groups excluding carboxylic acids is 2. The number of rotatable bonds is 39. The van der Waals surface area contributed by atoms with Gasteiger partial charge in [0.15, 0.2) is 12.4 Å². The summed E-state index contributed by atoms with van der Waals surface area (Å²) in [5, 5.41) is 40.1. The molecule has 4 N–H and O–H groups in total. The van der Waals surface area contributed by atoms with Crippen molar-refractivity contribution in [2.45, 2.75) is 218 Å². The number of carbonyl (C=O) groups is 2. The van der Waals surface area contributed by atoms with E-state index in [1.54, 1.807) is 0 Å². The molecule has 0 radical (unpaired) electrons. The van der Waals surface area contributed by atoms with Crippen molar-refractivity contribution in [2.24, 2.45) is 0 Å². The number of aliphatic hydroxyl groups excluding tert-OH is 4. The van der Waals surface area contributed by atoms with E-state index < -0.39 is 55.4 Å². The zero-order valence-corrected chi connectivity index (χ0v) is 38.1. The monoisotopic (exact) mass is 859 g/mol. The van der Waals surface area contributed by atoms with Crippen LogP contribution in [0.4, 0.5) is 0 Å². The minimum absolute atomic E-state index is 0.172. The first-order chi connectivity index (χ1) is 29.8.